The molecule has 206 valence electrons. The number of ketones is 4. The number of carbonyl (C=O) groups excluding carboxylic acids is 4. The van der Waals surface area contributed by atoms with Crippen molar-refractivity contribution in [1.82, 2.24) is 9.97 Å². The van der Waals surface area contributed by atoms with Crippen molar-refractivity contribution in [3.63, 3.8) is 0 Å². The van der Waals surface area contributed by atoms with Crippen molar-refractivity contribution in [3.05, 3.63) is 131 Å². The van der Waals surface area contributed by atoms with Gasteiger partial charge in [-0.25, -0.2) is 8.78 Å². The summed E-state index contributed by atoms with van der Waals surface area (Å²) >= 11 is 0. The van der Waals surface area contributed by atoms with Gasteiger partial charge in [0.1, 0.15) is 29.1 Å². The summed E-state index contributed by atoms with van der Waals surface area (Å²) in [6.07, 6.45) is 7.19. The van der Waals surface area contributed by atoms with E-state index < -0.39 is 11.7 Å². The van der Waals surface area contributed by atoms with E-state index in [0.29, 0.717) is 24.0 Å². The molecule has 1 unspecified atom stereocenters. The van der Waals surface area contributed by atoms with Crippen LogP contribution in [-0.2, 0) is 16.0 Å². The Bertz CT molecular complexity index is 1390. The van der Waals surface area contributed by atoms with Gasteiger partial charge < -0.3 is 0 Å². The van der Waals surface area contributed by atoms with E-state index in [-0.39, 0.29) is 29.0 Å². The average molecular weight is 545 g/mol. The van der Waals surface area contributed by atoms with Crippen molar-refractivity contribution < 1.29 is 28.0 Å². The molecule has 0 fully saturated rings. The maximum Gasteiger partial charge on any atom is 0.177 e. The zero-order valence-electron chi connectivity index (χ0n) is 22.5. The summed E-state index contributed by atoms with van der Waals surface area (Å²) < 4.78 is 25.2. The minimum atomic E-state index is -0.900. The molecule has 0 saturated heterocycles. The average Bonchev–Trinajstić information content (AvgIpc) is 2.96. The Labute approximate surface area is 232 Å². The van der Waals surface area contributed by atoms with Gasteiger partial charge in [0.25, 0.3) is 0 Å². The van der Waals surface area contributed by atoms with E-state index in [1.54, 1.807) is 48.8 Å². The zero-order valence-corrected chi connectivity index (χ0v) is 22.5. The van der Waals surface area contributed by atoms with Gasteiger partial charge in [-0.05, 0) is 73.5 Å². The molecule has 2 aromatic heterocycles. The van der Waals surface area contributed by atoms with Crippen LogP contribution in [0.25, 0.3) is 0 Å². The fourth-order valence-electron chi connectivity index (χ4n) is 3.54. The van der Waals surface area contributed by atoms with Crippen molar-refractivity contribution >= 4 is 23.1 Å². The molecular formula is C32H30F2N2O4. The van der Waals surface area contributed by atoms with Crippen molar-refractivity contribution in [3.8, 4) is 0 Å². The number of rotatable bonds is 8. The summed E-state index contributed by atoms with van der Waals surface area (Å²) in [5.41, 5.74) is 2.52. The third-order valence-electron chi connectivity index (χ3n) is 5.53. The van der Waals surface area contributed by atoms with E-state index in [9.17, 15) is 28.0 Å². The van der Waals surface area contributed by atoms with Crippen LogP contribution in [0.2, 0.25) is 0 Å². The predicted octanol–water partition coefficient (Wildman–Crippen LogP) is 6.41. The van der Waals surface area contributed by atoms with E-state index in [4.69, 9.17) is 0 Å². The van der Waals surface area contributed by atoms with E-state index in [0.717, 1.165) is 11.1 Å². The number of halogens is 2. The Kier molecular flexibility index (Phi) is 12.8. The molecule has 0 amide bonds. The normalized spacial score (nSPS) is 10.6. The van der Waals surface area contributed by atoms with Gasteiger partial charge in [-0.3, -0.25) is 29.1 Å². The highest BCUT2D eigenvalue weighted by atomic mass is 19.1. The van der Waals surface area contributed by atoms with Gasteiger partial charge in [0.15, 0.2) is 11.6 Å². The molecule has 0 aliphatic heterocycles. The summed E-state index contributed by atoms with van der Waals surface area (Å²) in [6.45, 7) is 4.72. The second-order valence-corrected chi connectivity index (χ2v) is 8.71. The topological polar surface area (TPSA) is 94.1 Å². The number of Topliss-reactive ketones (excluding diaryl/α,β-unsaturated/α-hetero) is 4. The summed E-state index contributed by atoms with van der Waals surface area (Å²) in [4.78, 5) is 53.3. The van der Waals surface area contributed by atoms with Crippen LogP contribution in [0.15, 0.2) is 97.6 Å². The third kappa shape index (κ3) is 10.6. The lowest BCUT2D eigenvalue weighted by molar-refractivity contribution is -0.117. The van der Waals surface area contributed by atoms with Crippen LogP contribution in [0.1, 0.15) is 65.0 Å². The van der Waals surface area contributed by atoms with Crippen LogP contribution in [0.3, 0.4) is 0 Å². The molecule has 0 N–H and O–H groups in total. The highest BCUT2D eigenvalue weighted by Crippen LogP contribution is 2.22. The molecule has 2 heterocycles. The minimum absolute atomic E-state index is 0.0941. The second kappa shape index (κ2) is 16.3. The third-order valence-corrected chi connectivity index (χ3v) is 5.53. The Balaban J connectivity index is 0.000000228. The number of hydrogen-bond donors (Lipinski definition) is 0. The predicted molar refractivity (Wildman–Crippen MR) is 148 cm³/mol. The molecule has 0 saturated carbocycles. The van der Waals surface area contributed by atoms with Gasteiger partial charge in [-0.2, -0.15) is 0 Å². The standard InChI is InChI=1S/C15H12FNO2.C9H9FO.C8H9NO/c1-10(18)14(11-2-4-13(16)5-3-11)15(19)12-6-8-17-9-7-12;1-7(11)6-8-2-4-9(10)5-3-8;1-2-8(10)7-3-5-9-6-4-7/h2-9,14H,1H3;2-5H,6H2,1H3;3-6H,2H2,1H3. The monoisotopic (exact) mass is 544 g/mol. The van der Waals surface area contributed by atoms with Crippen LogP contribution in [-0.4, -0.2) is 33.1 Å². The fraction of sp³-hybridized carbons (Fsp3) is 0.188. The van der Waals surface area contributed by atoms with Crippen molar-refractivity contribution in [2.24, 2.45) is 0 Å². The molecular weight excluding hydrogens is 514 g/mol. The number of carbonyl (C=O) groups is 4. The molecule has 4 rings (SSSR count). The molecule has 2 aromatic carbocycles. The van der Waals surface area contributed by atoms with Crippen molar-refractivity contribution in [2.75, 3.05) is 0 Å². The smallest absolute Gasteiger partial charge is 0.177 e. The first-order chi connectivity index (χ1) is 19.1. The SMILES string of the molecule is CC(=O)C(C(=O)c1ccncc1)c1ccc(F)cc1.CC(=O)Cc1ccc(F)cc1.CCC(=O)c1ccncc1. The van der Waals surface area contributed by atoms with E-state index in [1.165, 1.54) is 62.6 Å². The van der Waals surface area contributed by atoms with E-state index >= 15 is 0 Å². The van der Waals surface area contributed by atoms with Gasteiger partial charge in [-0.15, -0.1) is 0 Å². The summed E-state index contributed by atoms with van der Waals surface area (Å²) in [5, 5.41) is 0. The lowest BCUT2D eigenvalue weighted by atomic mass is 9.88. The van der Waals surface area contributed by atoms with Crippen LogP contribution in [0.5, 0.6) is 0 Å². The Morgan fingerprint density at radius 1 is 0.675 bits per heavy atom. The van der Waals surface area contributed by atoms with Gasteiger partial charge in [-0.1, -0.05) is 31.2 Å². The summed E-state index contributed by atoms with van der Waals surface area (Å²) in [5.74, 6) is -1.88. The number of aromatic nitrogens is 2. The van der Waals surface area contributed by atoms with Crippen LogP contribution >= 0.6 is 0 Å². The Morgan fingerprint density at radius 3 is 1.55 bits per heavy atom. The summed E-state index contributed by atoms with van der Waals surface area (Å²) in [6, 6.07) is 17.9. The lowest BCUT2D eigenvalue weighted by Gasteiger charge is -2.13. The Hall–Kier alpha value is -4.72. The highest BCUT2D eigenvalue weighted by molar-refractivity contribution is 6.14. The molecule has 40 heavy (non-hydrogen) atoms. The first-order valence-corrected chi connectivity index (χ1v) is 12.5. The molecule has 4 aromatic rings. The summed E-state index contributed by atoms with van der Waals surface area (Å²) in [7, 11) is 0. The molecule has 0 bridgehead atoms. The maximum atomic E-state index is 12.9. The number of hydrogen-bond acceptors (Lipinski definition) is 6. The van der Waals surface area contributed by atoms with Crippen LogP contribution in [0.4, 0.5) is 8.78 Å². The molecule has 0 spiro atoms. The first kappa shape index (κ1) is 31.5. The Morgan fingerprint density at radius 2 is 1.12 bits per heavy atom. The van der Waals surface area contributed by atoms with Gasteiger partial charge in [0.05, 0.1) is 0 Å². The molecule has 6 nitrogen and oxygen atoms in total. The van der Waals surface area contributed by atoms with Gasteiger partial charge in [0.2, 0.25) is 0 Å². The van der Waals surface area contributed by atoms with Gasteiger partial charge >= 0.3 is 0 Å². The molecule has 0 aliphatic carbocycles. The number of pyridine rings is 2. The minimum Gasteiger partial charge on any atom is -0.300 e. The van der Waals surface area contributed by atoms with Crippen LogP contribution in [0, 0.1) is 11.6 Å². The molecule has 0 radical (unpaired) electrons. The number of nitrogens with zero attached hydrogens (tertiary/aromatic N) is 2. The van der Waals surface area contributed by atoms with Gasteiger partial charge in [0, 0.05) is 48.8 Å². The maximum absolute atomic E-state index is 12.9. The highest BCUT2D eigenvalue weighted by Gasteiger charge is 2.26. The molecule has 0 aliphatic rings. The molecule has 8 heteroatoms. The fourth-order valence-corrected chi connectivity index (χ4v) is 3.54. The number of benzene rings is 2. The van der Waals surface area contributed by atoms with Crippen LogP contribution < -0.4 is 0 Å². The largest absolute Gasteiger partial charge is 0.300 e. The quantitative estimate of drug-likeness (QED) is 0.188. The lowest BCUT2D eigenvalue weighted by Crippen LogP contribution is -2.20. The van der Waals surface area contributed by atoms with E-state index in [1.807, 2.05) is 6.92 Å². The zero-order chi connectivity index (χ0) is 29.5. The first-order valence-electron chi connectivity index (χ1n) is 12.5. The molecule has 1 atom stereocenters. The van der Waals surface area contributed by atoms with Crippen molar-refractivity contribution in [1.29, 1.82) is 0 Å². The van der Waals surface area contributed by atoms with Crippen molar-refractivity contribution in [2.45, 2.75) is 39.5 Å². The van der Waals surface area contributed by atoms with E-state index in [2.05, 4.69) is 9.97 Å². The second-order valence-electron chi connectivity index (χ2n) is 8.71.